The number of rotatable bonds is 4. The standard InChI is InChI=1S/C10H14N4O3/c1-17-9-6-11-5-8(9)13-10-4-7(14(15)16)2-3-12-10/h2-4,8-9,11H,5-6H2,1H3,(H,12,13)/t8?,9-/m0/s1. The number of nitrogens with one attached hydrogen (secondary N) is 2. The summed E-state index contributed by atoms with van der Waals surface area (Å²) in [5.41, 5.74) is 0.0300. The normalized spacial score (nSPS) is 23.6. The molecule has 7 nitrogen and oxygen atoms in total. The molecule has 0 amide bonds. The van der Waals surface area contributed by atoms with Crippen LogP contribution in [0.1, 0.15) is 0 Å². The predicted molar refractivity (Wildman–Crippen MR) is 62.0 cm³/mol. The van der Waals surface area contributed by atoms with E-state index >= 15 is 0 Å². The Hall–Kier alpha value is -1.73. The molecule has 0 aliphatic carbocycles. The molecule has 2 heterocycles. The predicted octanol–water partition coefficient (Wildman–Crippen LogP) is 0.388. The van der Waals surface area contributed by atoms with Crippen LogP contribution in [0.2, 0.25) is 0 Å². The number of aromatic nitrogens is 1. The molecular weight excluding hydrogens is 224 g/mol. The molecule has 2 rings (SSSR count). The van der Waals surface area contributed by atoms with Gasteiger partial charge >= 0.3 is 0 Å². The Labute approximate surface area is 98.3 Å². The molecule has 0 saturated carbocycles. The number of hydrogen-bond donors (Lipinski definition) is 2. The van der Waals surface area contributed by atoms with Crippen molar-refractivity contribution in [1.29, 1.82) is 0 Å². The Balaban J connectivity index is 2.07. The molecule has 92 valence electrons. The first-order valence-electron chi connectivity index (χ1n) is 5.31. The van der Waals surface area contributed by atoms with Gasteiger partial charge in [-0.2, -0.15) is 0 Å². The molecular formula is C10H14N4O3. The van der Waals surface area contributed by atoms with Crippen LogP contribution >= 0.6 is 0 Å². The lowest BCUT2D eigenvalue weighted by molar-refractivity contribution is -0.384. The van der Waals surface area contributed by atoms with Crippen molar-refractivity contribution in [3.8, 4) is 0 Å². The minimum atomic E-state index is -0.437. The van der Waals surface area contributed by atoms with Crippen LogP contribution in [0.4, 0.5) is 11.5 Å². The third-order valence-electron chi connectivity index (χ3n) is 2.75. The van der Waals surface area contributed by atoms with Gasteiger partial charge in [0.15, 0.2) is 0 Å². The van der Waals surface area contributed by atoms with Crippen LogP contribution in [-0.4, -0.2) is 42.3 Å². The first kappa shape index (κ1) is 11.7. The van der Waals surface area contributed by atoms with E-state index in [1.807, 2.05) is 0 Å². The fraction of sp³-hybridized carbons (Fsp3) is 0.500. The Kier molecular flexibility index (Phi) is 3.50. The van der Waals surface area contributed by atoms with E-state index in [1.165, 1.54) is 18.3 Å². The summed E-state index contributed by atoms with van der Waals surface area (Å²) < 4.78 is 5.29. The third-order valence-corrected chi connectivity index (χ3v) is 2.75. The number of anilines is 1. The molecule has 1 aromatic heterocycles. The summed E-state index contributed by atoms with van der Waals surface area (Å²) in [6.07, 6.45) is 1.47. The van der Waals surface area contributed by atoms with Gasteiger partial charge in [0.25, 0.3) is 5.69 Å². The second-order valence-electron chi connectivity index (χ2n) is 3.84. The van der Waals surface area contributed by atoms with E-state index in [0.717, 1.165) is 13.1 Å². The Bertz CT molecular complexity index is 412. The van der Waals surface area contributed by atoms with Gasteiger partial charge in [-0.25, -0.2) is 4.98 Å². The topological polar surface area (TPSA) is 89.3 Å². The van der Waals surface area contributed by atoms with Crippen LogP contribution < -0.4 is 10.6 Å². The maximum Gasteiger partial charge on any atom is 0.274 e. The molecule has 0 bridgehead atoms. The lowest BCUT2D eigenvalue weighted by atomic mass is 10.2. The highest BCUT2D eigenvalue weighted by Gasteiger charge is 2.27. The third kappa shape index (κ3) is 2.69. The lowest BCUT2D eigenvalue weighted by Crippen LogP contribution is -2.33. The van der Waals surface area contributed by atoms with E-state index < -0.39 is 4.92 Å². The fourth-order valence-corrected chi connectivity index (χ4v) is 1.85. The zero-order valence-electron chi connectivity index (χ0n) is 9.42. The minimum Gasteiger partial charge on any atom is -0.378 e. The van der Waals surface area contributed by atoms with Crippen molar-refractivity contribution in [3.63, 3.8) is 0 Å². The van der Waals surface area contributed by atoms with Crippen LogP contribution in [-0.2, 0) is 4.74 Å². The number of pyridine rings is 1. The fourth-order valence-electron chi connectivity index (χ4n) is 1.85. The molecule has 1 aliphatic heterocycles. The van der Waals surface area contributed by atoms with Crippen LogP contribution in [0, 0.1) is 10.1 Å². The van der Waals surface area contributed by atoms with Crippen molar-refractivity contribution in [3.05, 3.63) is 28.4 Å². The largest absolute Gasteiger partial charge is 0.378 e. The van der Waals surface area contributed by atoms with E-state index in [2.05, 4.69) is 15.6 Å². The van der Waals surface area contributed by atoms with Gasteiger partial charge in [-0.15, -0.1) is 0 Å². The first-order valence-corrected chi connectivity index (χ1v) is 5.31. The van der Waals surface area contributed by atoms with E-state index in [0.29, 0.717) is 5.82 Å². The molecule has 1 aromatic rings. The van der Waals surface area contributed by atoms with Gasteiger partial charge in [0.2, 0.25) is 0 Å². The lowest BCUT2D eigenvalue weighted by Gasteiger charge is -2.18. The first-order chi connectivity index (χ1) is 8.20. The second-order valence-corrected chi connectivity index (χ2v) is 3.84. The van der Waals surface area contributed by atoms with Crippen molar-refractivity contribution in [2.75, 3.05) is 25.5 Å². The average Bonchev–Trinajstić information content (AvgIpc) is 2.76. The molecule has 0 aromatic carbocycles. The Morgan fingerprint density at radius 1 is 1.65 bits per heavy atom. The molecule has 0 radical (unpaired) electrons. The molecule has 17 heavy (non-hydrogen) atoms. The summed E-state index contributed by atoms with van der Waals surface area (Å²) in [6, 6.07) is 2.87. The quantitative estimate of drug-likeness (QED) is 0.582. The van der Waals surface area contributed by atoms with Gasteiger partial charge in [0.1, 0.15) is 5.82 Å². The molecule has 1 fully saturated rings. The van der Waals surface area contributed by atoms with Gasteiger partial charge in [-0.05, 0) is 0 Å². The summed E-state index contributed by atoms with van der Waals surface area (Å²) in [7, 11) is 1.65. The van der Waals surface area contributed by atoms with Crippen molar-refractivity contribution in [2.45, 2.75) is 12.1 Å². The van der Waals surface area contributed by atoms with Gasteiger partial charge in [0, 0.05) is 32.5 Å². The highest BCUT2D eigenvalue weighted by atomic mass is 16.6. The van der Waals surface area contributed by atoms with Crippen molar-refractivity contribution in [2.24, 2.45) is 0 Å². The number of methoxy groups -OCH3 is 1. The summed E-state index contributed by atoms with van der Waals surface area (Å²) >= 11 is 0. The number of nitrogens with zero attached hydrogens (tertiary/aromatic N) is 2. The summed E-state index contributed by atoms with van der Waals surface area (Å²) in [6.45, 7) is 1.52. The molecule has 0 spiro atoms. The van der Waals surface area contributed by atoms with Crippen LogP contribution in [0.15, 0.2) is 18.3 Å². The van der Waals surface area contributed by atoms with E-state index in [1.54, 1.807) is 7.11 Å². The van der Waals surface area contributed by atoms with Crippen LogP contribution in [0.3, 0.4) is 0 Å². The smallest absolute Gasteiger partial charge is 0.274 e. The number of hydrogen-bond acceptors (Lipinski definition) is 6. The Morgan fingerprint density at radius 2 is 2.47 bits per heavy atom. The maximum atomic E-state index is 10.6. The van der Waals surface area contributed by atoms with Gasteiger partial charge in [-0.3, -0.25) is 10.1 Å². The van der Waals surface area contributed by atoms with E-state index in [4.69, 9.17) is 4.74 Å². The molecule has 2 N–H and O–H groups in total. The zero-order chi connectivity index (χ0) is 12.3. The minimum absolute atomic E-state index is 0.0300. The molecule has 2 atom stereocenters. The summed E-state index contributed by atoms with van der Waals surface area (Å²) in [5.74, 6) is 0.495. The molecule has 1 unspecified atom stereocenters. The number of ether oxygens (including phenoxy) is 1. The van der Waals surface area contributed by atoms with Gasteiger partial charge < -0.3 is 15.4 Å². The van der Waals surface area contributed by atoms with Gasteiger partial charge in [0.05, 0.1) is 23.1 Å². The second kappa shape index (κ2) is 5.07. The Morgan fingerprint density at radius 3 is 3.18 bits per heavy atom. The van der Waals surface area contributed by atoms with Crippen LogP contribution in [0.5, 0.6) is 0 Å². The highest BCUT2D eigenvalue weighted by molar-refractivity contribution is 5.45. The zero-order valence-corrected chi connectivity index (χ0v) is 9.42. The van der Waals surface area contributed by atoms with Crippen molar-refractivity contribution >= 4 is 11.5 Å². The van der Waals surface area contributed by atoms with Crippen molar-refractivity contribution in [1.82, 2.24) is 10.3 Å². The molecule has 1 aliphatic rings. The van der Waals surface area contributed by atoms with Gasteiger partial charge in [-0.1, -0.05) is 0 Å². The van der Waals surface area contributed by atoms with E-state index in [-0.39, 0.29) is 17.8 Å². The summed E-state index contributed by atoms with van der Waals surface area (Å²) in [4.78, 5) is 14.2. The van der Waals surface area contributed by atoms with Crippen LogP contribution in [0.25, 0.3) is 0 Å². The maximum absolute atomic E-state index is 10.6. The molecule has 7 heteroatoms. The number of nitro groups is 1. The van der Waals surface area contributed by atoms with E-state index in [9.17, 15) is 10.1 Å². The SMILES string of the molecule is CO[C@H]1CNCC1Nc1cc([N+](=O)[O-])ccn1. The highest BCUT2D eigenvalue weighted by Crippen LogP contribution is 2.17. The monoisotopic (exact) mass is 238 g/mol. The van der Waals surface area contributed by atoms with Crippen molar-refractivity contribution < 1.29 is 9.66 Å². The molecule has 1 saturated heterocycles. The summed E-state index contributed by atoms with van der Waals surface area (Å²) in [5, 5.41) is 16.9. The average molecular weight is 238 g/mol.